The van der Waals surface area contributed by atoms with Crippen LogP contribution in [0.15, 0.2) is 47.6 Å². The third-order valence-corrected chi connectivity index (χ3v) is 10.3. The van der Waals surface area contributed by atoms with Crippen molar-refractivity contribution >= 4 is 21.4 Å². The Morgan fingerprint density at radius 2 is 1.85 bits per heavy atom. The van der Waals surface area contributed by atoms with Crippen molar-refractivity contribution in [3.05, 3.63) is 59.7 Å². The summed E-state index contributed by atoms with van der Waals surface area (Å²) in [6.45, 7) is 2.93. The number of fused-ring (bicyclic) bond motifs is 2. The van der Waals surface area contributed by atoms with Crippen molar-refractivity contribution in [3.8, 4) is 17.1 Å². The second-order valence-corrected chi connectivity index (χ2v) is 13.4. The van der Waals surface area contributed by atoms with Crippen molar-refractivity contribution in [2.45, 2.75) is 68.2 Å². The summed E-state index contributed by atoms with van der Waals surface area (Å²) in [5, 5.41) is 3.25. The first kappa shape index (κ1) is 26.8. The van der Waals surface area contributed by atoms with Crippen LogP contribution in [0.3, 0.4) is 0 Å². The molecule has 3 aliphatic rings. The van der Waals surface area contributed by atoms with E-state index in [4.69, 9.17) is 9.72 Å². The van der Waals surface area contributed by atoms with E-state index in [0.717, 1.165) is 72.4 Å². The van der Waals surface area contributed by atoms with Gasteiger partial charge >= 0.3 is 0 Å². The molecule has 2 fully saturated rings. The van der Waals surface area contributed by atoms with Crippen LogP contribution in [0.25, 0.3) is 11.3 Å². The molecule has 6 rings (SSSR count). The molecule has 1 N–H and O–H groups in total. The maximum absolute atomic E-state index is 13.5. The van der Waals surface area contributed by atoms with Crippen molar-refractivity contribution in [1.29, 1.82) is 0 Å². The number of carbonyl (C=O) groups is 1. The van der Waals surface area contributed by atoms with E-state index in [-0.39, 0.29) is 23.6 Å². The Morgan fingerprint density at radius 3 is 2.52 bits per heavy atom. The number of nitrogens with one attached hydrogen (secondary N) is 1. The average Bonchev–Trinajstić information content (AvgIpc) is 3.64. The minimum absolute atomic E-state index is 0.00375. The zero-order valence-corrected chi connectivity index (χ0v) is 23.8. The predicted molar refractivity (Wildman–Crippen MR) is 152 cm³/mol. The molecule has 2 aliphatic carbocycles. The normalized spacial score (nSPS) is 17.8. The van der Waals surface area contributed by atoms with E-state index in [1.54, 1.807) is 44.6 Å². The lowest BCUT2D eigenvalue weighted by Crippen LogP contribution is -2.40. The van der Waals surface area contributed by atoms with Gasteiger partial charge in [-0.3, -0.25) is 4.79 Å². The molecule has 3 aromatic rings. The molecule has 2 aromatic heterocycles. The highest BCUT2D eigenvalue weighted by atomic mass is 32.2. The van der Waals surface area contributed by atoms with Gasteiger partial charge < -0.3 is 15.0 Å². The van der Waals surface area contributed by atoms with Crippen LogP contribution in [0, 0.1) is 0 Å². The van der Waals surface area contributed by atoms with E-state index >= 15 is 0 Å². The number of pyridine rings is 1. The van der Waals surface area contributed by atoms with Gasteiger partial charge in [-0.2, -0.15) is 0 Å². The minimum atomic E-state index is -3.23. The number of rotatable bonds is 9. The van der Waals surface area contributed by atoms with Gasteiger partial charge in [-0.1, -0.05) is 31.9 Å². The van der Waals surface area contributed by atoms with Crippen molar-refractivity contribution in [2.24, 2.45) is 0 Å². The molecule has 1 aromatic carbocycles. The molecule has 0 atom stereocenters. The van der Waals surface area contributed by atoms with Gasteiger partial charge in [-0.15, -0.1) is 0 Å². The van der Waals surface area contributed by atoms with Crippen LogP contribution in [0.4, 0.5) is 5.69 Å². The average molecular weight is 562 g/mol. The van der Waals surface area contributed by atoms with Crippen molar-refractivity contribution < 1.29 is 17.9 Å². The molecule has 0 unspecified atom stereocenters. The van der Waals surface area contributed by atoms with E-state index in [2.05, 4.69) is 15.3 Å². The number of benzene rings is 1. The van der Waals surface area contributed by atoms with Crippen LogP contribution in [-0.2, 0) is 26.6 Å². The van der Waals surface area contributed by atoms with Crippen LogP contribution in [0.1, 0.15) is 68.3 Å². The highest BCUT2D eigenvalue weighted by molar-refractivity contribution is 7.91. The zero-order valence-electron chi connectivity index (χ0n) is 23.0. The van der Waals surface area contributed by atoms with Gasteiger partial charge in [0.25, 0.3) is 0 Å². The number of nitrogens with zero attached hydrogens (tertiary/aromatic N) is 4. The summed E-state index contributed by atoms with van der Waals surface area (Å²) in [6.07, 6.45) is 8.06. The Labute approximate surface area is 235 Å². The lowest BCUT2D eigenvalue weighted by molar-refractivity contribution is -0.117. The summed E-state index contributed by atoms with van der Waals surface area (Å²) in [5.41, 5.74) is 5.35. The first-order chi connectivity index (χ1) is 19.3. The summed E-state index contributed by atoms with van der Waals surface area (Å²) < 4.78 is 29.8. The molecule has 0 radical (unpaired) electrons. The highest BCUT2D eigenvalue weighted by Crippen LogP contribution is 2.51. The molecule has 0 bridgehead atoms. The third kappa shape index (κ3) is 4.88. The number of amides is 1. The Hall–Kier alpha value is -3.37. The SMILES string of the molecule is CCS(=O)(=O)c1ccc(CNCC(=O)N2CC3(CCCC3)c3nc(-c4c(OC)ncnc4C4CC4)ccc32)cc1. The topological polar surface area (TPSA) is 114 Å². The van der Waals surface area contributed by atoms with Crippen LogP contribution in [0.2, 0.25) is 0 Å². The molecule has 10 heteroatoms. The predicted octanol–water partition coefficient (Wildman–Crippen LogP) is 4.17. The van der Waals surface area contributed by atoms with Crippen LogP contribution < -0.4 is 15.0 Å². The van der Waals surface area contributed by atoms with Crippen LogP contribution in [0.5, 0.6) is 5.88 Å². The Bertz CT molecular complexity index is 1530. The summed E-state index contributed by atoms with van der Waals surface area (Å²) in [5.74, 6) is 1.03. The molecule has 1 aliphatic heterocycles. The number of sulfone groups is 1. The fraction of sp³-hybridized carbons (Fsp3) is 0.467. The maximum Gasteiger partial charge on any atom is 0.241 e. The standard InChI is InChI=1S/C30H35N5O4S/c1-3-40(37,38)22-10-6-20(7-11-22)16-31-17-25(36)35-18-30(14-4-5-15-30)28-24(35)13-12-23(34-28)26-27(21-8-9-21)32-19-33-29(26)39-2/h6-7,10-13,19,21,31H,3-5,8-9,14-18H2,1-2H3. The summed E-state index contributed by atoms with van der Waals surface area (Å²) >= 11 is 0. The quantitative estimate of drug-likeness (QED) is 0.414. The summed E-state index contributed by atoms with van der Waals surface area (Å²) in [7, 11) is -1.60. The first-order valence-corrected chi connectivity index (χ1v) is 15.7. The van der Waals surface area contributed by atoms with E-state index in [9.17, 15) is 13.2 Å². The Kier molecular flexibility index (Phi) is 7.08. The van der Waals surface area contributed by atoms with E-state index < -0.39 is 9.84 Å². The molecule has 1 spiro atoms. The first-order valence-electron chi connectivity index (χ1n) is 14.1. The van der Waals surface area contributed by atoms with Gasteiger partial charge in [0.1, 0.15) is 6.33 Å². The van der Waals surface area contributed by atoms with Crippen molar-refractivity contribution in [3.63, 3.8) is 0 Å². The molecule has 40 heavy (non-hydrogen) atoms. The van der Waals surface area contributed by atoms with Gasteiger partial charge in [0.2, 0.25) is 11.8 Å². The van der Waals surface area contributed by atoms with E-state index in [1.165, 1.54) is 0 Å². The molecule has 0 saturated heterocycles. The Balaban J connectivity index is 1.22. The number of aromatic nitrogens is 3. The van der Waals surface area contributed by atoms with Gasteiger partial charge in [-0.05, 0) is 55.5 Å². The second-order valence-electron chi connectivity index (χ2n) is 11.1. The number of ether oxygens (including phenoxy) is 1. The maximum atomic E-state index is 13.5. The van der Waals surface area contributed by atoms with Crippen molar-refractivity contribution in [1.82, 2.24) is 20.3 Å². The fourth-order valence-electron chi connectivity index (χ4n) is 6.17. The fourth-order valence-corrected chi connectivity index (χ4v) is 7.05. The van der Waals surface area contributed by atoms with Gasteiger partial charge in [0, 0.05) is 24.4 Å². The third-order valence-electron chi connectivity index (χ3n) is 8.51. The van der Waals surface area contributed by atoms with Gasteiger partial charge in [0.15, 0.2) is 9.84 Å². The number of hydrogen-bond acceptors (Lipinski definition) is 8. The largest absolute Gasteiger partial charge is 0.480 e. The van der Waals surface area contributed by atoms with Crippen molar-refractivity contribution in [2.75, 3.05) is 30.9 Å². The molecule has 2 saturated carbocycles. The molecular weight excluding hydrogens is 526 g/mol. The molecular formula is C30H35N5O4S. The summed E-state index contributed by atoms with van der Waals surface area (Å²) in [6, 6.07) is 10.8. The number of anilines is 1. The molecule has 210 valence electrons. The number of carbonyl (C=O) groups excluding carboxylic acids is 1. The van der Waals surface area contributed by atoms with Crippen LogP contribution in [-0.4, -0.2) is 55.2 Å². The zero-order chi connectivity index (χ0) is 27.9. The minimum Gasteiger partial charge on any atom is -0.480 e. The molecule has 9 nitrogen and oxygen atoms in total. The molecule has 1 amide bonds. The lowest BCUT2D eigenvalue weighted by atomic mass is 9.84. The number of methoxy groups -OCH3 is 1. The monoisotopic (exact) mass is 561 g/mol. The highest BCUT2D eigenvalue weighted by Gasteiger charge is 2.48. The summed E-state index contributed by atoms with van der Waals surface area (Å²) in [4.78, 5) is 29.9. The van der Waals surface area contributed by atoms with Gasteiger partial charge in [-0.25, -0.2) is 23.4 Å². The van der Waals surface area contributed by atoms with E-state index in [1.807, 2.05) is 17.0 Å². The van der Waals surface area contributed by atoms with Crippen LogP contribution >= 0.6 is 0 Å². The second kappa shape index (κ2) is 10.6. The smallest absolute Gasteiger partial charge is 0.241 e. The number of hydrogen-bond donors (Lipinski definition) is 1. The molecule has 3 heterocycles. The Morgan fingerprint density at radius 1 is 1.10 bits per heavy atom. The lowest BCUT2D eigenvalue weighted by Gasteiger charge is -2.24. The van der Waals surface area contributed by atoms with Gasteiger partial charge in [0.05, 0.1) is 52.6 Å². The van der Waals surface area contributed by atoms with E-state index in [0.29, 0.717) is 29.8 Å².